The van der Waals surface area contributed by atoms with E-state index in [2.05, 4.69) is 15.0 Å². The predicted molar refractivity (Wildman–Crippen MR) is 115 cm³/mol. The molecule has 0 aliphatic heterocycles. The summed E-state index contributed by atoms with van der Waals surface area (Å²) in [5.74, 6) is 0.953. The molecule has 0 amide bonds. The van der Waals surface area contributed by atoms with E-state index in [0.29, 0.717) is 28.5 Å². The van der Waals surface area contributed by atoms with Crippen LogP contribution in [0.15, 0.2) is 63.8 Å². The van der Waals surface area contributed by atoms with E-state index in [1.54, 1.807) is 6.07 Å². The van der Waals surface area contributed by atoms with E-state index in [4.69, 9.17) is 16.0 Å². The normalized spacial score (nSPS) is 11.0. The fourth-order valence-electron chi connectivity index (χ4n) is 3.19. The van der Waals surface area contributed by atoms with Gasteiger partial charge in [-0.3, -0.25) is 0 Å². The number of nitrogens with zero attached hydrogens (tertiary/aromatic N) is 4. The lowest BCUT2D eigenvalue weighted by Gasteiger charge is -2.18. The lowest BCUT2D eigenvalue weighted by atomic mass is 10.1. The van der Waals surface area contributed by atoms with E-state index in [9.17, 15) is 4.79 Å². The van der Waals surface area contributed by atoms with Gasteiger partial charge in [0.2, 0.25) is 11.2 Å². The monoisotopic (exact) mass is 406 g/mol. The number of anilines is 1. The molecule has 0 aliphatic carbocycles. The van der Waals surface area contributed by atoms with Gasteiger partial charge in [-0.1, -0.05) is 42.5 Å². The summed E-state index contributed by atoms with van der Waals surface area (Å²) in [5, 5.41) is 0.939. The summed E-state index contributed by atoms with van der Waals surface area (Å²) in [4.78, 5) is 27.5. The molecular weight excluding hydrogens is 388 g/mol. The van der Waals surface area contributed by atoms with Crippen molar-refractivity contribution in [2.45, 2.75) is 13.8 Å². The molecule has 0 bridgehead atoms. The van der Waals surface area contributed by atoms with Gasteiger partial charge in [0, 0.05) is 24.0 Å². The van der Waals surface area contributed by atoms with Gasteiger partial charge in [0.25, 0.3) is 0 Å². The van der Waals surface area contributed by atoms with Crippen molar-refractivity contribution in [3.63, 3.8) is 0 Å². The summed E-state index contributed by atoms with van der Waals surface area (Å²) >= 11 is 6.13. The van der Waals surface area contributed by atoms with Crippen LogP contribution in [0, 0.1) is 0 Å². The molecule has 7 heteroatoms. The molecule has 4 aromatic rings. The molecule has 2 heterocycles. The number of rotatable bonds is 5. The minimum absolute atomic E-state index is 0.123. The van der Waals surface area contributed by atoms with Crippen molar-refractivity contribution in [3.8, 4) is 22.5 Å². The van der Waals surface area contributed by atoms with Gasteiger partial charge in [-0.05, 0) is 43.1 Å². The van der Waals surface area contributed by atoms with Crippen LogP contribution in [0.2, 0.25) is 5.28 Å². The van der Waals surface area contributed by atoms with Gasteiger partial charge in [-0.15, -0.1) is 0 Å². The number of fused-ring (bicyclic) bond motifs is 1. The molecule has 146 valence electrons. The zero-order chi connectivity index (χ0) is 20.4. The zero-order valence-electron chi connectivity index (χ0n) is 16.1. The second-order valence-corrected chi connectivity index (χ2v) is 6.80. The fraction of sp³-hybridized carbons (Fsp3) is 0.182. The van der Waals surface area contributed by atoms with E-state index in [1.165, 1.54) is 0 Å². The fourth-order valence-corrected chi connectivity index (χ4v) is 3.34. The maximum atomic E-state index is 12.5. The highest BCUT2D eigenvalue weighted by molar-refractivity contribution is 6.28. The molecule has 29 heavy (non-hydrogen) atoms. The van der Waals surface area contributed by atoms with Crippen molar-refractivity contribution >= 4 is 28.5 Å². The van der Waals surface area contributed by atoms with E-state index in [1.807, 2.05) is 67.3 Å². The molecule has 0 unspecified atom stereocenters. The first-order chi connectivity index (χ1) is 14.1. The van der Waals surface area contributed by atoms with Gasteiger partial charge in [0.1, 0.15) is 5.58 Å². The number of hydrogen-bond donors (Lipinski definition) is 0. The van der Waals surface area contributed by atoms with E-state index in [-0.39, 0.29) is 5.28 Å². The molecule has 0 saturated heterocycles. The first kappa shape index (κ1) is 19.1. The van der Waals surface area contributed by atoms with Crippen LogP contribution < -0.4 is 10.5 Å². The van der Waals surface area contributed by atoms with E-state index < -0.39 is 5.63 Å². The highest BCUT2D eigenvalue weighted by atomic mass is 35.5. The maximum Gasteiger partial charge on any atom is 0.344 e. The average molecular weight is 407 g/mol. The summed E-state index contributed by atoms with van der Waals surface area (Å²) in [6.45, 7) is 5.56. The molecule has 0 N–H and O–H groups in total. The smallest absolute Gasteiger partial charge is 0.344 e. The topological polar surface area (TPSA) is 72.1 Å². The van der Waals surface area contributed by atoms with Crippen LogP contribution in [-0.2, 0) is 0 Å². The molecular formula is C22H19ClN4O2. The van der Waals surface area contributed by atoms with Gasteiger partial charge >= 0.3 is 5.63 Å². The van der Waals surface area contributed by atoms with Crippen molar-refractivity contribution in [3.05, 3.63) is 70.3 Å². The largest absolute Gasteiger partial charge is 0.422 e. The number of aromatic nitrogens is 3. The van der Waals surface area contributed by atoms with Crippen molar-refractivity contribution in [2.75, 3.05) is 18.0 Å². The zero-order valence-corrected chi connectivity index (χ0v) is 16.8. The second kappa shape index (κ2) is 8.01. The molecule has 0 aliphatic rings. The molecule has 0 saturated carbocycles. The first-order valence-electron chi connectivity index (χ1n) is 9.39. The Morgan fingerprint density at radius 2 is 1.69 bits per heavy atom. The maximum absolute atomic E-state index is 12.5. The summed E-state index contributed by atoms with van der Waals surface area (Å²) in [5.41, 5.74) is 2.12. The van der Waals surface area contributed by atoms with Crippen LogP contribution in [0.5, 0.6) is 0 Å². The molecule has 0 atom stereocenters. The summed E-state index contributed by atoms with van der Waals surface area (Å²) in [7, 11) is 0. The quantitative estimate of drug-likeness (QED) is 0.443. The molecule has 6 nitrogen and oxygen atoms in total. The van der Waals surface area contributed by atoms with Gasteiger partial charge < -0.3 is 9.32 Å². The van der Waals surface area contributed by atoms with E-state index in [0.717, 1.165) is 24.0 Å². The van der Waals surface area contributed by atoms with Gasteiger partial charge in [-0.25, -0.2) is 4.79 Å². The lowest BCUT2D eigenvalue weighted by molar-refractivity contribution is 0.563. The Kier molecular flexibility index (Phi) is 5.27. The highest BCUT2D eigenvalue weighted by Crippen LogP contribution is 2.26. The SMILES string of the molecule is CCN(CC)c1nc(Cl)nc(-c2ccc3cc(-c4ccccc4)c(=O)oc3c2)n1. The Hall–Kier alpha value is -3.25. The third-order valence-corrected chi connectivity index (χ3v) is 4.89. The Morgan fingerprint density at radius 3 is 2.41 bits per heavy atom. The predicted octanol–water partition coefficient (Wildman–Crippen LogP) is 4.81. The minimum Gasteiger partial charge on any atom is -0.422 e. The van der Waals surface area contributed by atoms with Crippen LogP contribution in [0.25, 0.3) is 33.5 Å². The Morgan fingerprint density at radius 1 is 0.931 bits per heavy atom. The third-order valence-electron chi connectivity index (χ3n) is 4.72. The van der Waals surface area contributed by atoms with Crippen molar-refractivity contribution < 1.29 is 4.42 Å². The molecule has 0 radical (unpaired) electrons. The molecule has 2 aromatic carbocycles. The standard InChI is InChI=1S/C22H19ClN4O2/c1-3-27(4-2)22-25-19(24-21(23)26-22)16-11-10-15-12-17(14-8-6-5-7-9-14)20(28)29-18(15)13-16/h5-13H,3-4H2,1-2H3. The molecule has 4 rings (SSSR count). The second-order valence-electron chi connectivity index (χ2n) is 6.47. The van der Waals surface area contributed by atoms with Gasteiger partial charge in [0.05, 0.1) is 5.56 Å². The van der Waals surface area contributed by atoms with E-state index >= 15 is 0 Å². The first-order valence-corrected chi connectivity index (χ1v) is 9.77. The summed E-state index contributed by atoms with van der Waals surface area (Å²) in [6, 6.07) is 16.8. The molecule has 2 aromatic heterocycles. The average Bonchev–Trinajstić information content (AvgIpc) is 2.74. The summed E-state index contributed by atoms with van der Waals surface area (Å²) < 4.78 is 5.59. The Bertz CT molecular complexity index is 1220. The lowest BCUT2D eigenvalue weighted by Crippen LogP contribution is -2.24. The Balaban J connectivity index is 1.80. The molecule has 0 spiro atoms. The number of halogens is 1. The van der Waals surface area contributed by atoms with Crippen LogP contribution in [-0.4, -0.2) is 28.0 Å². The van der Waals surface area contributed by atoms with Crippen LogP contribution in [0.4, 0.5) is 5.95 Å². The van der Waals surface area contributed by atoms with Crippen molar-refractivity contribution in [1.82, 2.24) is 15.0 Å². The number of hydrogen-bond acceptors (Lipinski definition) is 6. The highest BCUT2D eigenvalue weighted by Gasteiger charge is 2.13. The van der Waals surface area contributed by atoms with Gasteiger partial charge in [0.15, 0.2) is 5.82 Å². The minimum atomic E-state index is -0.390. The van der Waals surface area contributed by atoms with Crippen LogP contribution in [0.3, 0.4) is 0 Å². The van der Waals surface area contributed by atoms with Crippen molar-refractivity contribution in [2.24, 2.45) is 0 Å². The van der Waals surface area contributed by atoms with Crippen molar-refractivity contribution in [1.29, 1.82) is 0 Å². The summed E-state index contributed by atoms with van der Waals surface area (Å²) in [6.07, 6.45) is 0. The van der Waals surface area contributed by atoms with Crippen LogP contribution in [0.1, 0.15) is 13.8 Å². The molecule has 0 fully saturated rings. The van der Waals surface area contributed by atoms with Gasteiger partial charge in [-0.2, -0.15) is 15.0 Å². The Labute approximate surface area is 172 Å². The number of benzene rings is 2. The third kappa shape index (κ3) is 3.84. The van der Waals surface area contributed by atoms with Crippen LogP contribution >= 0.6 is 11.6 Å².